The van der Waals surface area contributed by atoms with E-state index < -0.39 is 18.1 Å². The smallest absolute Gasteiger partial charge is 0.407 e. The van der Waals surface area contributed by atoms with Crippen LogP contribution in [0.3, 0.4) is 0 Å². The Hall–Kier alpha value is -0.910. The summed E-state index contributed by atoms with van der Waals surface area (Å²) in [5, 5.41) is 2.49. The number of thioether (sulfide) groups is 1. The summed E-state index contributed by atoms with van der Waals surface area (Å²) >= 11 is 1.61. The van der Waals surface area contributed by atoms with E-state index in [0.29, 0.717) is 13.0 Å². The van der Waals surface area contributed by atoms with Gasteiger partial charge in [-0.1, -0.05) is 0 Å². The predicted molar refractivity (Wildman–Crippen MR) is 63.6 cm³/mol. The molecule has 0 saturated heterocycles. The second-order valence-corrected chi connectivity index (χ2v) is 3.94. The highest BCUT2D eigenvalue weighted by Gasteiger charge is 2.21. The van der Waals surface area contributed by atoms with Crippen molar-refractivity contribution in [2.75, 3.05) is 25.2 Å². The van der Waals surface area contributed by atoms with Crippen molar-refractivity contribution in [2.45, 2.75) is 26.3 Å². The minimum atomic E-state index is -0.619. The van der Waals surface area contributed by atoms with E-state index in [4.69, 9.17) is 9.47 Å². The van der Waals surface area contributed by atoms with Gasteiger partial charge in [-0.15, -0.1) is 0 Å². The highest BCUT2D eigenvalue weighted by atomic mass is 32.2. The second kappa shape index (κ2) is 9.33. The maximum atomic E-state index is 11.5. The molecule has 0 unspecified atom stereocenters. The fourth-order valence-corrected chi connectivity index (χ4v) is 1.51. The third-order valence-corrected chi connectivity index (χ3v) is 2.39. The highest BCUT2D eigenvalue weighted by molar-refractivity contribution is 7.98. The van der Waals surface area contributed by atoms with E-state index in [2.05, 4.69) is 5.32 Å². The number of ether oxygens (including phenoxy) is 2. The average molecular weight is 249 g/mol. The van der Waals surface area contributed by atoms with Crippen LogP contribution in [0.4, 0.5) is 4.79 Å². The summed E-state index contributed by atoms with van der Waals surface area (Å²) in [6, 6.07) is -0.619. The molecular weight excluding hydrogens is 230 g/mol. The zero-order chi connectivity index (χ0) is 12.4. The Morgan fingerprint density at radius 1 is 1.25 bits per heavy atom. The summed E-state index contributed by atoms with van der Waals surface area (Å²) in [7, 11) is 0. The van der Waals surface area contributed by atoms with E-state index in [1.807, 2.05) is 6.26 Å². The Kier molecular flexibility index (Phi) is 8.80. The van der Waals surface area contributed by atoms with Gasteiger partial charge in [0.2, 0.25) is 0 Å². The third kappa shape index (κ3) is 6.55. The van der Waals surface area contributed by atoms with Crippen LogP contribution < -0.4 is 5.32 Å². The van der Waals surface area contributed by atoms with Gasteiger partial charge >= 0.3 is 12.1 Å². The molecule has 0 aliphatic heterocycles. The zero-order valence-corrected chi connectivity index (χ0v) is 10.8. The van der Waals surface area contributed by atoms with Gasteiger partial charge in [0, 0.05) is 0 Å². The molecule has 0 bridgehead atoms. The first-order chi connectivity index (χ1) is 7.65. The molecule has 0 spiro atoms. The molecule has 0 aliphatic rings. The normalized spacial score (nSPS) is 11.7. The highest BCUT2D eigenvalue weighted by Crippen LogP contribution is 2.03. The van der Waals surface area contributed by atoms with Crippen LogP contribution >= 0.6 is 11.8 Å². The number of carbonyl (C=O) groups is 2. The van der Waals surface area contributed by atoms with Gasteiger partial charge in [-0.3, -0.25) is 0 Å². The molecule has 0 radical (unpaired) electrons. The van der Waals surface area contributed by atoms with Crippen LogP contribution in [-0.4, -0.2) is 43.3 Å². The van der Waals surface area contributed by atoms with Gasteiger partial charge in [0.25, 0.3) is 0 Å². The third-order valence-electron chi connectivity index (χ3n) is 1.75. The van der Waals surface area contributed by atoms with E-state index in [1.54, 1.807) is 25.6 Å². The monoisotopic (exact) mass is 249 g/mol. The second-order valence-electron chi connectivity index (χ2n) is 2.95. The molecule has 0 rings (SSSR count). The molecule has 1 amide bonds. The van der Waals surface area contributed by atoms with Crippen LogP contribution in [0.1, 0.15) is 20.3 Å². The lowest BCUT2D eigenvalue weighted by Crippen LogP contribution is -2.42. The summed E-state index contributed by atoms with van der Waals surface area (Å²) in [6.45, 7) is 4.03. The summed E-state index contributed by atoms with van der Waals surface area (Å²) in [4.78, 5) is 22.7. The fraction of sp³-hybridized carbons (Fsp3) is 0.800. The first-order valence-electron chi connectivity index (χ1n) is 5.24. The van der Waals surface area contributed by atoms with Crippen molar-refractivity contribution in [3.8, 4) is 0 Å². The summed E-state index contributed by atoms with van der Waals surface area (Å²) in [5.41, 5.74) is 0. The van der Waals surface area contributed by atoms with Crippen LogP contribution in [0.5, 0.6) is 0 Å². The lowest BCUT2D eigenvalue weighted by Gasteiger charge is -2.16. The number of esters is 1. The van der Waals surface area contributed by atoms with E-state index in [1.165, 1.54) is 0 Å². The molecule has 0 saturated carbocycles. The molecule has 94 valence electrons. The van der Waals surface area contributed by atoms with E-state index >= 15 is 0 Å². The van der Waals surface area contributed by atoms with Gasteiger partial charge in [0.1, 0.15) is 6.04 Å². The van der Waals surface area contributed by atoms with Crippen molar-refractivity contribution in [3.63, 3.8) is 0 Å². The minimum absolute atomic E-state index is 0.282. The number of nitrogens with one attached hydrogen (secondary N) is 1. The maximum absolute atomic E-state index is 11.5. The molecule has 0 aromatic heterocycles. The largest absolute Gasteiger partial charge is 0.464 e. The molecule has 0 heterocycles. The first kappa shape index (κ1) is 15.1. The van der Waals surface area contributed by atoms with Gasteiger partial charge in [0.05, 0.1) is 13.2 Å². The molecule has 0 aromatic rings. The molecule has 16 heavy (non-hydrogen) atoms. The molecule has 5 nitrogen and oxygen atoms in total. The van der Waals surface area contributed by atoms with Crippen LogP contribution in [0.2, 0.25) is 0 Å². The topological polar surface area (TPSA) is 64.6 Å². The summed E-state index contributed by atoms with van der Waals surface area (Å²) in [5.74, 6) is 0.361. The molecule has 1 N–H and O–H groups in total. The van der Waals surface area contributed by atoms with Gasteiger partial charge in [-0.2, -0.15) is 11.8 Å². The van der Waals surface area contributed by atoms with Crippen LogP contribution in [-0.2, 0) is 14.3 Å². The Morgan fingerprint density at radius 2 is 1.88 bits per heavy atom. The molecule has 1 atom stereocenters. The van der Waals surface area contributed by atoms with E-state index in [-0.39, 0.29) is 6.61 Å². The van der Waals surface area contributed by atoms with Crippen molar-refractivity contribution in [1.29, 1.82) is 0 Å². The maximum Gasteiger partial charge on any atom is 0.407 e. The van der Waals surface area contributed by atoms with Crippen molar-refractivity contribution >= 4 is 23.8 Å². The lowest BCUT2D eigenvalue weighted by atomic mass is 10.2. The Bertz CT molecular complexity index is 223. The molecule has 0 aromatic carbocycles. The van der Waals surface area contributed by atoms with Crippen molar-refractivity contribution in [2.24, 2.45) is 0 Å². The average Bonchev–Trinajstić information content (AvgIpc) is 2.24. The van der Waals surface area contributed by atoms with Gasteiger partial charge < -0.3 is 14.8 Å². The van der Waals surface area contributed by atoms with Gasteiger partial charge in [0.15, 0.2) is 0 Å². The minimum Gasteiger partial charge on any atom is -0.464 e. The number of alkyl carbamates (subject to hydrolysis) is 1. The molecule has 0 aliphatic carbocycles. The lowest BCUT2D eigenvalue weighted by molar-refractivity contribution is -0.145. The first-order valence-corrected chi connectivity index (χ1v) is 6.63. The molecular formula is C10H19NO4S. The van der Waals surface area contributed by atoms with E-state index in [0.717, 1.165) is 5.75 Å². The van der Waals surface area contributed by atoms with Crippen molar-refractivity contribution in [3.05, 3.63) is 0 Å². The Morgan fingerprint density at radius 3 is 2.38 bits per heavy atom. The summed E-state index contributed by atoms with van der Waals surface area (Å²) < 4.78 is 9.58. The van der Waals surface area contributed by atoms with Crippen LogP contribution in [0.15, 0.2) is 0 Å². The predicted octanol–water partition coefficient (Wildman–Crippen LogP) is 1.42. The standard InChI is InChI=1S/C10H19NO4S/c1-4-14-9(12)8(6-7-16-3)11-10(13)15-5-2/h8H,4-7H2,1-3H3,(H,11,13)/t8-/m0/s1. The van der Waals surface area contributed by atoms with Crippen LogP contribution in [0, 0.1) is 0 Å². The number of hydrogen-bond donors (Lipinski definition) is 1. The van der Waals surface area contributed by atoms with Gasteiger partial charge in [-0.25, -0.2) is 9.59 Å². The van der Waals surface area contributed by atoms with Crippen molar-refractivity contribution < 1.29 is 19.1 Å². The van der Waals surface area contributed by atoms with Crippen LogP contribution in [0.25, 0.3) is 0 Å². The number of hydrogen-bond acceptors (Lipinski definition) is 5. The van der Waals surface area contributed by atoms with Crippen molar-refractivity contribution in [1.82, 2.24) is 5.32 Å². The Balaban J connectivity index is 4.18. The Labute approximate surface area is 100 Å². The van der Waals surface area contributed by atoms with E-state index in [9.17, 15) is 9.59 Å². The number of amides is 1. The SMILES string of the molecule is CCOC(=O)N[C@@H](CCSC)C(=O)OCC. The molecule has 0 fully saturated rings. The number of carbonyl (C=O) groups excluding carboxylic acids is 2. The fourth-order valence-electron chi connectivity index (χ4n) is 1.04. The van der Waals surface area contributed by atoms with Gasteiger partial charge in [-0.05, 0) is 32.3 Å². The molecule has 6 heteroatoms. The quantitative estimate of drug-likeness (QED) is 0.691. The zero-order valence-electron chi connectivity index (χ0n) is 9.95. The summed E-state index contributed by atoms with van der Waals surface area (Å²) in [6.07, 6.45) is 1.90. The number of rotatable bonds is 7.